The number of anilines is 1. The highest BCUT2D eigenvalue weighted by molar-refractivity contribution is 9.10. The summed E-state index contributed by atoms with van der Waals surface area (Å²) >= 11 is 3.19. The van der Waals surface area contributed by atoms with Gasteiger partial charge in [0.25, 0.3) is 5.69 Å². The molecule has 3 N–H and O–H groups in total. The number of aryl methyl sites for hydroxylation is 1. The summed E-state index contributed by atoms with van der Waals surface area (Å²) in [7, 11) is 0. The van der Waals surface area contributed by atoms with Crippen LogP contribution in [0.3, 0.4) is 0 Å². The molecule has 0 saturated heterocycles. The van der Waals surface area contributed by atoms with Crippen LogP contribution in [0.2, 0.25) is 0 Å². The van der Waals surface area contributed by atoms with Crippen molar-refractivity contribution < 1.29 is 9.66 Å². The highest BCUT2D eigenvalue weighted by Gasteiger charge is 2.11. The molecule has 0 bridgehead atoms. The Morgan fingerprint density at radius 2 is 2.10 bits per heavy atom. The summed E-state index contributed by atoms with van der Waals surface area (Å²) in [4.78, 5) is 18.3. The van der Waals surface area contributed by atoms with E-state index in [0.717, 1.165) is 0 Å². The highest BCUT2D eigenvalue weighted by atomic mass is 79.9. The molecule has 1 aromatic heterocycles. The molecule has 0 spiro atoms. The first-order valence-corrected chi connectivity index (χ1v) is 6.22. The van der Waals surface area contributed by atoms with Gasteiger partial charge in [-0.2, -0.15) is 4.98 Å². The lowest BCUT2D eigenvalue weighted by molar-refractivity contribution is -0.385. The molecule has 0 atom stereocenters. The molecule has 0 saturated carbocycles. The van der Waals surface area contributed by atoms with Crippen LogP contribution in [0, 0.1) is 17.0 Å². The minimum atomic E-state index is -0.504. The largest absolute Gasteiger partial charge is 0.439 e. The Labute approximate surface area is 122 Å². The van der Waals surface area contributed by atoms with Crippen molar-refractivity contribution in [3.05, 3.63) is 44.5 Å². The molecule has 0 amide bonds. The van der Waals surface area contributed by atoms with Gasteiger partial charge in [-0.15, -0.1) is 0 Å². The van der Waals surface area contributed by atoms with Crippen molar-refractivity contribution in [2.24, 2.45) is 5.84 Å². The fourth-order valence-corrected chi connectivity index (χ4v) is 1.95. The third-order valence-corrected chi connectivity index (χ3v) is 2.71. The molecule has 9 heteroatoms. The van der Waals surface area contributed by atoms with E-state index < -0.39 is 4.92 Å². The molecule has 104 valence electrons. The Morgan fingerprint density at radius 3 is 2.75 bits per heavy atom. The van der Waals surface area contributed by atoms with Crippen LogP contribution in [0.4, 0.5) is 11.6 Å². The summed E-state index contributed by atoms with van der Waals surface area (Å²) in [6.07, 6.45) is 0. The van der Waals surface area contributed by atoms with E-state index in [2.05, 4.69) is 31.3 Å². The van der Waals surface area contributed by atoms with Crippen LogP contribution in [0.25, 0.3) is 0 Å². The van der Waals surface area contributed by atoms with Gasteiger partial charge in [0.05, 0.1) is 11.0 Å². The van der Waals surface area contributed by atoms with Gasteiger partial charge in [0.1, 0.15) is 5.75 Å². The number of nitrogens with zero attached hydrogens (tertiary/aromatic N) is 3. The smallest absolute Gasteiger partial charge is 0.274 e. The Kier molecular flexibility index (Phi) is 4.11. The van der Waals surface area contributed by atoms with Crippen molar-refractivity contribution in [3.8, 4) is 11.6 Å². The molecular weight excluding hydrogens is 330 g/mol. The zero-order valence-electron chi connectivity index (χ0n) is 10.3. The number of hydrogen-bond acceptors (Lipinski definition) is 7. The van der Waals surface area contributed by atoms with E-state index in [1.165, 1.54) is 12.1 Å². The first kappa shape index (κ1) is 14.2. The van der Waals surface area contributed by atoms with E-state index in [-0.39, 0.29) is 23.3 Å². The number of rotatable bonds is 4. The summed E-state index contributed by atoms with van der Waals surface area (Å²) in [5.41, 5.74) is 2.88. The number of benzene rings is 1. The zero-order chi connectivity index (χ0) is 14.7. The minimum Gasteiger partial charge on any atom is -0.439 e. The average Bonchev–Trinajstić information content (AvgIpc) is 2.37. The number of non-ortho nitro benzene ring substituents is 1. The lowest BCUT2D eigenvalue weighted by Gasteiger charge is -2.07. The second-order valence-corrected chi connectivity index (χ2v) is 4.74. The minimum absolute atomic E-state index is 0.0858. The molecule has 0 aliphatic carbocycles. The van der Waals surface area contributed by atoms with Crippen LogP contribution in [-0.2, 0) is 0 Å². The van der Waals surface area contributed by atoms with E-state index in [1.807, 2.05) is 0 Å². The maximum absolute atomic E-state index is 10.8. The third-order valence-electron chi connectivity index (χ3n) is 2.25. The number of nitro benzene ring substituents is 1. The molecule has 20 heavy (non-hydrogen) atoms. The number of hydrogen-bond donors (Lipinski definition) is 2. The molecule has 1 aromatic carbocycles. The summed E-state index contributed by atoms with van der Waals surface area (Å²) in [5, 5.41) is 10.8. The van der Waals surface area contributed by atoms with Gasteiger partial charge in [-0.1, -0.05) is 15.9 Å². The number of aromatic nitrogens is 2. The topological polar surface area (TPSA) is 116 Å². The van der Waals surface area contributed by atoms with E-state index >= 15 is 0 Å². The van der Waals surface area contributed by atoms with Gasteiger partial charge in [0, 0.05) is 22.3 Å². The maximum Gasteiger partial charge on any atom is 0.274 e. The van der Waals surface area contributed by atoms with E-state index in [1.54, 1.807) is 19.1 Å². The predicted octanol–water partition coefficient (Wildman–Crippen LogP) is 2.53. The lowest BCUT2D eigenvalue weighted by Crippen LogP contribution is -2.11. The third kappa shape index (κ3) is 3.39. The average molecular weight is 340 g/mol. The van der Waals surface area contributed by atoms with Crippen LogP contribution in [0.15, 0.2) is 28.7 Å². The van der Waals surface area contributed by atoms with E-state index in [0.29, 0.717) is 10.2 Å². The molecule has 0 radical (unpaired) electrons. The molecule has 1 heterocycles. The molecule has 0 unspecified atom stereocenters. The Morgan fingerprint density at radius 1 is 1.35 bits per heavy atom. The van der Waals surface area contributed by atoms with Gasteiger partial charge >= 0.3 is 0 Å². The molecule has 2 rings (SSSR count). The van der Waals surface area contributed by atoms with Crippen molar-refractivity contribution in [2.45, 2.75) is 6.92 Å². The lowest BCUT2D eigenvalue weighted by atomic mass is 10.3. The number of halogens is 1. The van der Waals surface area contributed by atoms with Crippen molar-refractivity contribution >= 4 is 27.6 Å². The molecule has 8 nitrogen and oxygen atoms in total. The fraction of sp³-hybridized carbons (Fsp3) is 0.0909. The molecule has 0 aliphatic rings. The number of hydrazine groups is 1. The quantitative estimate of drug-likeness (QED) is 0.499. The van der Waals surface area contributed by atoms with Gasteiger partial charge in [-0.25, -0.2) is 10.8 Å². The second kappa shape index (κ2) is 5.80. The zero-order valence-corrected chi connectivity index (χ0v) is 11.9. The molecule has 0 aliphatic heterocycles. The number of ether oxygens (including phenoxy) is 1. The highest BCUT2D eigenvalue weighted by Crippen LogP contribution is 2.29. The molecule has 2 aromatic rings. The number of nitrogens with two attached hydrogens (primary N) is 1. The van der Waals surface area contributed by atoms with Gasteiger partial charge in [0.2, 0.25) is 11.8 Å². The van der Waals surface area contributed by atoms with Gasteiger partial charge in [-0.3, -0.25) is 15.5 Å². The summed E-state index contributed by atoms with van der Waals surface area (Å²) in [5.74, 6) is 5.96. The van der Waals surface area contributed by atoms with Crippen molar-refractivity contribution in [3.63, 3.8) is 0 Å². The second-order valence-electron chi connectivity index (χ2n) is 3.82. The Balaban J connectivity index is 2.34. The van der Waals surface area contributed by atoms with Crippen LogP contribution >= 0.6 is 15.9 Å². The van der Waals surface area contributed by atoms with E-state index in [9.17, 15) is 10.1 Å². The van der Waals surface area contributed by atoms with Gasteiger partial charge in [-0.05, 0) is 13.0 Å². The normalized spacial score (nSPS) is 10.2. The maximum atomic E-state index is 10.8. The summed E-state index contributed by atoms with van der Waals surface area (Å²) in [6.45, 7) is 1.75. The van der Waals surface area contributed by atoms with Gasteiger partial charge < -0.3 is 4.74 Å². The van der Waals surface area contributed by atoms with Crippen molar-refractivity contribution in [2.75, 3.05) is 5.43 Å². The monoisotopic (exact) mass is 339 g/mol. The standard InChI is InChI=1S/C11H10BrN5O3/c1-6-2-10(15-11(14-6)16-13)20-9-4-7(12)3-8(5-9)17(18)19/h2-5H,13H2,1H3,(H,14,15,16). The van der Waals surface area contributed by atoms with Crippen molar-refractivity contribution in [1.29, 1.82) is 0 Å². The van der Waals surface area contributed by atoms with E-state index in [4.69, 9.17) is 10.6 Å². The Bertz CT molecular complexity index is 665. The van der Waals surface area contributed by atoms with Crippen LogP contribution < -0.4 is 16.0 Å². The fourth-order valence-electron chi connectivity index (χ4n) is 1.49. The summed E-state index contributed by atoms with van der Waals surface area (Å²) in [6, 6.07) is 5.87. The predicted molar refractivity (Wildman–Crippen MR) is 75.4 cm³/mol. The van der Waals surface area contributed by atoms with Crippen LogP contribution in [-0.4, -0.2) is 14.9 Å². The number of nitro groups is 1. The SMILES string of the molecule is Cc1cc(Oc2cc(Br)cc([N+](=O)[O-])c2)nc(NN)n1. The number of nitrogens with one attached hydrogen (secondary N) is 1. The summed E-state index contributed by atoms with van der Waals surface area (Å²) < 4.78 is 6.02. The van der Waals surface area contributed by atoms with Gasteiger partial charge in [0.15, 0.2) is 0 Å². The molecular formula is C11H10BrN5O3. The number of nitrogen functional groups attached to an aromatic ring is 1. The van der Waals surface area contributed by atoms with Crippen molar-refractivity contribution in [1.82, 2.24) is 9.97 Å². The molecule has 0 fully saturated rings. The first-order valence-electron chi connectivity index (χ1n) is 5.43. The van der Waals surface area contributed by atoms with Crippen LogP contribution in [0.1, 0.15) is 5.69 Å². The Hall–Kier alpha value is -2.26. The first-order chi connectivity index (χ1) is 9.47. The van der Waals surface area contributed by atoms with Crippen LogP contribution in [0.5, 0.6) is 11.6 Å².